The van der Waals surface area contributed by atoms with Crippen LogP contribution in [0.25, 0.3) is 11.3 Å². The molecule has 1 aromatic carbocycles. The Morgan fingerprint density at radius 1 is 1.09 bits per heavy atom. The van der Waals surface area contributed by atoms with Crippen LogP contribution in [-0.2, 0) is 17.8 Å². The van der Waals surface area contributed by atoms with Gasteiger partial charge in [0.05, 0.1) is 40.9 Å². The number of halogens is 2. The number of anilines is 1. The van der Waals surface area contributed by atoms with Gasteiger partial charge in [0.1, 0.15) is 11.6 Å². The van der Waals surface area contributed by atoms with E-state index in [1.165, 1.54) is 18.2 Å². The number of pyridine rings is 2. The van der Waals surface area contributed by atoms with E-state index in [2.05, 4.69) is 15.3 Å². The highest BCUT2D eigenvalue weighted by Gasteiger charge is 2.35. The van der Waals surface area contributed by atoms with Crippen molar-refractivity contribution >= 4 is 17.5 Å². The van der Waals surface area contributed by atoms with Gasteiger partial charge in [0.2, 0.25) is 5.91 Å². The normalized spacial score (nSPS) is 17.0. The molecule has 2 amide bonds. The zero-order valence-corrected chi connectivity index (χ0v) is 19.0. The summed E-state index contributed by atoms with van der Waals surface area (Å²) < 4.78 is 28.9. The van der Waals surface area contributed by atoms with Crippen molar-refractivity contribution in [3.63, 3.8) is 0 Å². The van der Waals surface area contributed by atoms with Crippen molar-refractivity contribution in [3.05, 3.63) is 76.7 Å². The standard InChI is InChI=1S/C26H24F2N4O2/c1-26(2)10-4-7-22(33)32(26)17-9-8-16(29-13-17)11-15-12-20(24-18(27)5-3-6-19(24)28)31-21-14-30-25(34)23(15)21/h3,5-6,8-9,12-13H,4,7,10-11,14H2,1-2H3,(H,30,34). The van der Waals surface area contributed by atoms with E-state index in [1.807, 2.05) is 26.0 Å². The largest absolute Gasteiger partial charge is 0.346 e. The molecule has 4 heterocycles. The van der Waals surface area contributed by atoms with Crippen LogP contribution in [0.3, 0.4) is 0 Å². The third-order valence-electron chi connectivity index (χ3n) is 6.51. The maximum Gasteiger partial charge on any atom is 0.253 e. The maximum atomic E-state index is 14.4. The monoisotopic (exact) mass is 462 g/mol. The average Bonchev–Trinajstić information content (AvgIpc) is 3.15. The van der Waals surface area contributed by atoms with Crippen LogP contribution in [0.15, 0.2) is 42.6 Å². The second-order valence-electron chi connectivity index (χ2n) is 9.35. The lowest BCUT2D eigenvalue weighted by Gasteiger charge is -2.42. The lowest BCUT2D eigenvalue weighted by Crippen LogP contribution is -2.51. The van der Waals surface area contributed by atoms with Crippen molar-refractivity contribution in [1.82, 2.24) is 15.3 Å². The third kappa shape index (κ3) is 3.83. The van der Waals surface area contributed by atoms with Crippen molar-refractivity contribution in [3.8, 4) is 11.3 Å². The zero-order chi connectivity index (χ0) is 24.0. The average molecular weight is 463 g/mol. The Morgan fingerprint density at radius 3 is 2.53 bits per heavy atom. The summed E-state index contributed by atoms with van der Waals surface area (Å²) in [6.07, 6.45) is 4.24. The van der Waals surface area contributed by atoms with Crippen LogP contribution in [-0.4, -0.2) is 27.3 Å². The molecule has 3 aromatic rings. The van der Waals surface area contributed by atoms with Gasteiger partial charge in [-0.1, -0.05) is 6.07 Å². The van der Waals surface area contributed by atoms with Gasteiger partial charge in [-0.25, -0.2) is 13.8 Å². The first-order valence-corrected chi connectivity index (χ1v) is 11.3. The molecule has 2 aromatic heterocycles. The van der Waals surface area contributed by atoms with Gasteiger partial charge in [0, 0.05) is 24.1 Å². The number of carbonyl (C=O) groups excluding carboxylic acids is 2. The number of nitrogens with one attached hydrogen (secondary N) is 1. The van der Waals surface area contributed by atoms with Crippen LogP contribution < -0.4 is 10.2 Å². The quantitative estimate of drug-likeness (QED) is 0.617. The lowest BCUT2D eigenvalue weighted by atomic mass is 9.89. The lowest BCUT2D eigenvalue weighted by molar-refractivity contribution is -0.121. The molecule has 0 spiro atoms. The van der Waals surface area contributed by atoms with E-state index < -0.39 is 11.6 Å². The molecule has 1 fully saturated rings. The molecule has 1 saturated heterocycles. The predicted molar refractivity (Wildman–Crippen MR) is 123 cm³/mol. The molecule has 0 unspecified atom stereocenters. The van der Waals surface area contributed by atoms with Crippen molar-refractivity contribution in [2.45, 2.75) is 51.6 Å². The molecule has 2 aliphatic heterocycles. The van der Waals surface area contributed by atoms with Crippen LogP contribution in [0.1, 0.15) is 60.4 Å². The molecule has 0 radical (unpaired) electrons. The Balaban J connectivity index is 1.51. The molecule has 5 rings (SSSR count). The van der Waals surface area contributed by atoms with Crippen LogP contribution in [0.2, 0.25) is 0 Å². The van der Waals surface area contributed by atoms with Crippen molar-refractivity contribution < 1.29 is 18.4 Å². The molecular formula is C26H24F2N4O2. The van der Waals surface area contributed by atoms with E-state index in [0.717, 1.165) is 18.5 Å². The van der Waals surface area contributed by atoms with Crippen LogP contribution >= 0.6 is 0 Å². The number of aromatic nitrogens is 2. The summed E-state index contributed by atoms with van der Waals surface area (Å²) >= 11 is 0. The number of nitrogens with zero attached hydrogens (tertiary/aromatic N) is 3. The Hall–Kier alpha value is -3.68. The number of carbonyl (C=O) groups is 2. The van der Waals surface area contributed by atoms with Crippen molar-refractivity contribution in [1.29, 1.82) is 0 Å². The van der Waals surface area contributed by atoms with E-state index in [9.17, 15) is 18.4 Å². The highest BCUT2D eigenvalue weighted by molar-refractivity contribution is 5.99. The molecule has 0 saturated carbocycles. The summed E-state index contributed by atoms with van der Waals surface area (Å²) in [5, 5.41) is 2.73. The number of fused-ring (bicyclic) bond motifs is 1. The molecule has 174 valence electrons. The molecule has 0 atom stereocenters. The van der Waals surface area contributed by atoms with Crippen molar-refractivity contribution in [2.24, 2.45) is 0 Å². The summed E-state index contributed by atoms with van der Waals surface area (Å²) in [5.41, 5.74) is 2.48. The summed E-state index contributed by atoms with van der Waals surface area (Å²) in [5.74, 6) is -1.62. The first-order valence-electron chi connectivity index (χ1n) is 11.3. The van der Waals surface area contributed by atoms with Gasteiger partial charge >= 0.3 is 0 Å². The molecule has 8 heteroatoms. The van der Waals surface area contributed by atoms with Gasteiger partial charge < -0.3 is 10.2 Å². The zero-order valence-electron chi connectivity index (χ0n) is 19.0. The number of hydrogen-bond donors (Lipinski definition) is 1. The maximum absolute atomic E-state index is 14.4. The van der Waals surface area contributed by atoms with Gasteiger partial charge in [0.15, 0.2) is 0 Å². The fourth-order valence-corrected chi connectivity index (χ4v) is 4.90. The van der Waals surface area contributed by atoms with Crippen LogP contribution in [0.5, 0.6) is 0 Å². The minimum absolute atomic E-state index is 0.0750. The second kappa shape index (κ2) is 8.27. The topological polar surface area (TPSA) is 75.2 Å². The number of piperidine rings is 1. The Bertz CT molecular complexity index is 1280. The molecule has 1 N–H and O–H groups in total. The fraction of sp³-hybridized carbons (Fsp3) is 0.308. The summed E-state index contributed by atoms with van der Waals surface area (Å²) in [6.45, 7) is 4.28. The molecule has 6 nitrogen and oxygen atoms in total. The summed E-state index contributed by atoms with van der Waals surface area (Å²) in [6, 6.07) is 8.88. The van der Waals surface area contributed by atoms with E-state index in [0.29, 0.717) is 28.9 Å². The van der Waals surface area contributed by atoms with Gasteiger partial charge in [0.25, 0.3) is 5.91 Å². The van der Waals surface area contributed by atoms with Gasteiger partial charge in [-0.2, -0.15) is 0 Å². The molecule has 2 aliphatic rings. The highest BCUT2D eigenvalue weighted by atomic mass is 19.1. The van der Waals surface area contributed by atoms with Gasteiger partial charge in [-0.15, -0.1) is 0 Å². The first-order chi connectivity index (χ1) is 16.2. The number of rotatable bonds is 4. The summed E-state index contributed by atoms with van der Waals surface area (Å²) in [4.78, 5) is 35.7. The third-order valence-corrected chi connectivity index (χ3v) is 6.51. The summed E-state index contributed by atoms with van der Waals surface area (Å²) in [7, 11) is 0. The predicted octanol–water partition coefficient (Wildman–Crippen LogP) is 4.55. The fourth-order valence-electron chi connectivity index (χ4n) is 4.90. The van der Waals surface area contributed by atoms with E-state index >= 15 is 0 Å². The minimum Gasteiger partial charge on any atom is -0.346 e. The molecule has 0 bridgehead atoms. The van der Waals surface area contributed by atoms with Gasteiger partial charge in [-0.05, 0) is 62.6 Å². The number of hydrogen-bond acceptors (Lipinski definition) is 4. The highest BCUT2D eigenvalue weighted by Crippen LogP contribution is 2.34. The van der Waals surface area contributed by atoms with Crippen molar-refractivity contribution in [2.75, 3.05) is 4.90 Å². The second-order valence-corrected chi connectivity index (χ2v) is 9.35. The Labute approximate surface area is 196 Å². The van der Waals surface area contributed by atoms with E-state index in [-0.39, 0.29) is 41.6 Å². The number of benzene rings is 1. The molecule has 34 heavy (non-hydrogen) atoms. The van der Waals surface area contributed by atoms with E-state index in [4.69, 9.17) is 0 Å². The smallest absolute Gasteiger partial charge is 0.253 e. The van der Waals surface area contributed by atoms with Crippen LogP contribution in [0.4, 0.5) is 14.5 Å². The van der Waals surface area contributed by atoms with Crippen LogP contribution in [0, 0.1) is 11.6 Å². The number of amides is 2. The Morgan fingerprint density at radius 2 is 1.85 bits per heavy atom. The molecular weight excluding hydrogens is 438 g/mol. The Kier molecular flexibility index (Phi) is 5.38. The van der Waals surface area contributed by atoms with Gasteiger partial charge in [-0.3, -0.25) is 14.6 Å². The minimum atomic E-state index is -0.716. The SMILES string of the molecule is CC1(C)CCCC(=O)N1c1ccc(Cc2cc(-c3c(F)cccc3F)nc3c2C(=O)NC3)nc1. The molecule has 0 aliphatic carbocycles. The first kappa shape index (κ1) is 22.1. The van der Waals surface area contributed by atoms with E-state index in [1.54, 1.807) is 17.2 Å².